The van der Waals surface area contributed by atoms with Crippen LogP contribution in [0, 0.1) is 11.8 Å². The minimum absolute atomic E-state index is 0.0416. The van der Waals surface area contributed by atoms with Crippen LogP contribution in [0.3, 0.4) is 0 Å². The predicted octanol–water partition coefficient (Wildman–Crippen LogP) is 1.93. The summed E-state index contributed by atoms with van der Waals surface area (Å²) in [4.78, 5) is 14.9. The lowest BCUT2D eigenvalue weighted by Crippen LogP contribution is -2.47. The summed E-state index contributed by atoms with van der Waals surface area (Å²) in [6.07, 6.45) is 5.74. The number of nitrogens with one attached hydrogen (secondary N) is 1. The first kappa shape index (κ1) is 12.2. The molecule has 1 saturated heterocycles. The topological polar surface area (TPSA) is 50.2 Å². The van der Waals surface area contributed by atoms with Crippen LogP contribution in [0.2, 0.25) is 0 Å². The van der Waals surface area contributed by atoms with Crippen LogP contribution in [0.4, 0.5) is 11.5 Å². The normalized spacial score (nSPS) is 31.0. The number of hydrogen-bond acceptors (Lipinski definition) is 3. The monoisotopic (exact) mass is 274 g/mol. The summed E-state index contributed by atoms with van der Waals surface area (Å²) in [7, 11) is 2.00. The Morgan fingerprint density at radius 1 is 1.40 bits per heavy atom. The van der Waals surface area contributed by atoms with E-state index >= 15 is 0 Å². The maximum atomic E-state index is 12.6. The van der Waals surface area contributed by atoms with E-state index in [4.69, 9.17) is 0 Å². The molecule has 1 amide bonds. The predicted molar refractivity (Wildman–Crippen MR) is 77.8 cm³/mol. The van der Waals surface area contributed by atoms with E-state index in [0.29, 0.717) is 11.8 Å². The maximum absolute atomic E-state index is 12.6. The molecule has 1 aliphatic carbocycles. The minimum Gasteiger partial charge on any atom is -0.342 e. The van der Waals surface area contributed by atoms with Gasteiger partial charge in [0.05, 0.1) is 5.69 Å². The van der Waals surface area contributed by atoms with Gasteiger partial charge >= 0.3 is 0 Å². The molecule has 3 atom stereocenters. The van der Waals surface area contributed by atoms with Gasteiger partial charge < -0.3 is 10.2 Å². The SMILES string of the molecule is CCCc1nn(C)c2c1NC(=O)C1C3CCCC3CN21. The highest BCUT2D eigenvalue weighted by Crippen LogP contribution is 2.48. The molecule has 1 aromatic rings. The summed E-state index contributed by atoms with van der Waals surface area (Å²) >= 11 is 0. The molecule has 3 heterocycles. The lowest BCUT2D eigenvalue weighted by atomic mass is 9.93. The molecule has 1 aromatic heterocycles. The fraction of sp³-hybridized carbons (Fsp3) is 0.733. The second-order valence-electron chi connectivity index (χ2n) is 6.46. The van der Waals surface area contributed by atoms with Crippen molar-refractivity contribution in [2.24, 2.45) is 18.9 Å². The van der Waals surface area contributed by atoms with Crippen molar-refractivity contribution in [1.82, 2.24) is 9.78 Å². The summed E-state index contributed by atoms with van der Waals surface area (Å²) in [5, 5.41) is 7.79. The van der Waals surface area contributed by atoms with Crippen molar-refractivity contribution < 1.29 is 4.79 Å². The van der Waals surface area contributed by atoms with E-state index in [2.05, 4.69) is 22.2 Å². The van der Waals surface area contributed by atoms with Gasteiger partial charge in [0, 0.05) is 13.6 Å². The number of aryl methyl sites for hydroxylation is 2. The molecule has 1 N–H and O–H groups in total. The Morgan fingerprint density at radius 3 is 3.05 bits per heavy atom. The Balaban J connectivity index is 1.78. The molecule has 108 valence electrons. The largest absolute Gasteiger partial charge is 0.342 e. The number of rotatable bonds is 2. The van der Waals surface area contributed by atoms with Crippen LogP contribution in [-0.2, 0) is 18.3 Å². The van der Waals surface area contributed by atoms with Gasteiger partial charge in [-0.1, -0.05) is 19.8 Å². The zero-order valence-corrected chi connectivity index (χ0v) is 12.2. The molecular weight excluding hydrogens is 252 g/mol. The Hall–Kier alpha value is -1.52. The lowest BCUT2D eigenvalue weighted by molar-refractivity contribution is -0.118. The summed E-state index contributed by atoms with van der Waals surface area (Å²) in [6.45, 7) is 3.18. The molecule has 2 aliphatic heterocycles. The zero-order valence-electron chi connectivity index (χ0n) is 12.2. The summed E-state index contributed by atoms with van der Waals surface area (Å²) in [5.41, 5.74) is 2.00. The number of carbonyl (C=O) groups is 1. The first-order valence-electron chi connectivity index (χ1n) is 7.84. The lowest BCUT2D eigenvalue weighted by Gasteiger charge is -2.33. The molecule has 0 spiro atoms. The molecule has 5 nitrogen and oxygen atoms in total. The Morgan fingerprint density at radius 2 is 2.25 bits per heavy atom. The van der Waals surface area contributed by atoms with Crippen molar-refractivity contribution in [3.05, 3.63) is 5.69 Å². The number of anilines is 2. The van der Waals surface area contributed by atoms with Crippen LogP contribution in [0.1, 0.15) is 38.3 Å². The van der Waals surface area contributed by atoms with Crippen molar-refractivity contribution in [3.8, 4) is 0 Å². The first-order valence-corrected chi connectivity index (χ1v) is 7.84. The molecule has 3 unspecified atom stereocenters. The van der Waals surface area contributed by atoms with Gasteiger partial charge in [-0.15, -0.1) is 0 Å². The fourth-order valence-corrected chi connectivity index (χ4v) is 4.50. The number of hydrogen-bond donors (Lipinski definition) is 1. The number of fused-ring (bicyclic) bond motifs is 5. The highest BCUT2D eigenvalue weighted by molar-refractivity contribution is 6.04. The van der Waals surface area contributed by atoms with Crippen LogP contribution < -0.4 is 10.2 Å². The number of amides is 1. The average Bonchev–Trinajstić information content (AvgIpc) is 3.03. The fourth-order valence-electron chi connectivity index (χ4n) is 4.50. The van der Waals surface area contributed by atoms with Gasteiger partial charge in [-0.25, -0.2) is 0 Å². The van der Waals surface area contributed by atoms with Crippen LogP contribution in [0.15, 0.2) is 0 Å². The zero-order chi connectivity index (χ0) is 13.9. The van der Waals surface area contributed by atoms with Crippen molar-refractivity contribution in [2.75, 3.05) is 16.8 Å². The summed E-state index contributed by atoms with van der Waals surface area (Å²) in [6, 6.07) is 0.0416. The third-order valence-corrected chi connectivity index (χ3v) is 5.26. The first-order chi connectivity index (χ1) is 9.70. The molecule has 20 heavy (non-hydrogen) atoms. The van der Waals surface area contributed by atoms with Gasteiger partial charge in [-0.3, -0.25) is 9.48 Å². The number of nitrogens with zero attached hydrogens (tertiary/aromatic N) is 3. The van der Waals surface area contributed by atoms with E-state index in [1.54, 1.807) is 0 Å². The van der Waals surface area contributed by atoms with E-state index in [9.17, 15) is 4.79 Å². The maximum Gasteiger partial charge on any atom is 0.247 e. The van der Waals surface area contributed by atoms with Crippen LogP contribution in [0.5, 0.6) is 0 Å². The van der Waals surface area contributed by atoms with Gasteiger partial charge in [0.2, 0.25) is 5.91 Å². The molecule has 0 radical (unpaired) electrons. The van der Waals surface area contributed by atoms with Crippen LogP contribution in [-0.4, -0.2) is 28.3 Å². The van der Waals surface area contributed by atoms with Gasteiger partial charge in [0.25, 0.3) is 0 Å². The molecule has 4 rings (SSSR count). The Kier molecular flexibility index (Phi) is 2.59. The quantitative estimate of drug-likeness (QED) is 0.896. The van der Waals surface area contributed by atoms with Crippen LogP contribution >= 0.6 is 0 Å². The van der Waals surface area contributed by atoms with Gasteiger partial charge in [-0.05, 0) is 31.1 Å². The molecule has 0 aromatic carbocycles. The highest BCUT2D eigenvalue weighted by atomic mass is 16.2. The number of aromatic nitrogens is 2. The average molecular weight is 274 g/mol. The van der Waals surface area contributed by atoms with Crippen LogP contribution in [0.25, 0.3) is 0 Å². The van der Waals surface area contributed by atoms with Gasteiger partial charge in [0.1, 0.15) is 11.7 Å². The van der Waals surface area contributed by atoms with E-state index < -0.39 is 0 Å². The highest BCUT2D eigenvalue weighted by Gasteiger charge is 2.51. The van der Waals surface area contributed by atoms with E-state index in [1.807, 2.05) is 11.7 Å². The second-order valence-corrected chi connectivity index (χ2v) is 6.46. The van der Waals surface area contributed by atoms with Crippen molar-refractivity contribution in [1.29, 1.82) is 0 Å². The molecule has 5 heteroatoms. The van der Waals surface area contributed by atoms with Crippen molar-refractivity contribution >= 4 is 17.4 Å². The third kappa shape index (κ3) is 1.49. The Bertz CT molecular complexity index is 564. The molecule has 3 aliphatic rings. The molecular formula is C15H22N4O. The molecule has 1 saturated carbocycles. The van der Waals surface area contributed by atoms with Crippen molar-refractivity contribution in [2.45, 2.75) is 45.1 Å². The minimum atomic E-state index is 0.0416. The van der Waals surface area contributed by atoms with E-state index in [-0.39, 0.29) is 11.9 Å². The summed E-state index contributed by atoms with van der Waals surface area (Å²) in [5.74, 6) is 2.57. The second kappa shape index (κ2) is 4.24. The standard InChI is InChI=1S/C15H22N4O/c1-3-5-11-12-15(18(2)17-11)19-8-9-6-4-7-10(9)13(19)14(20)16-12/h9-10,13H,3-8H2,1-2H3,(H,16,20). The molecule has 2 fully saturated rings. The van der Waals surface area contributed by atoms with E-state index in [0.717, 1.165) is 36.6 Å². The van der Waals surface area contributed by atoms with Gasteiger partial charge in [0.15, 0.2) is 5.82 Å². The van der Waals surface area contributed by atoms with Crippen molar-refractivity contribution in [3.63, 3.8) is 0 Å². The number of carbonyl (C=O) groups excluding carboxylic acids is 1. The van der Waals surface area contributed by atoms with E-state index in [1.165, 1.54) is 19.3 Å². The third-order valence-electron chi connectivity index (χ3n) is 5.26. The summed E-state index contributed by atoms with van der Waals surface area (Å²) < 4.78 is 1.97. The smallest absolute Gasteiger partial charge is 0.247 e. The Labute approximate surface area is 119 Å². The van der Waals surface area contributed by atoms with Gasteiger partial charge in [-0.2, -0.15) is 5.10 Å². The molecule has 0 bridgehead atoms.